The number of nitrogens with two attached hydrogens (primary N) is 1. The number of aromatic nitrogens is 1. The normalized spacial score (nSPS) is 16.6. The number of hydrogen-bond acceptors (Lipinski definition) is 4. The van der Waals surface area contributed by atoms with Gasteiger partial charge in [0, 0.05) is 23.0 Å². The van der Waals surface area contributed by atoms with Crippen LogP contribution in [-0.4, -0.2) is 16.9 Å². The Morgan fingerprint density at radius 3 is 2.56 bits per heavy atom. The van der Waals surface area contributed by atoms with Crippen LogP contribution < -0.4 is 11.1 Å². The standard InChI is InChI=1S/C11H19N3OS/c1-6-5-13-11(16-6)9(4)14-10(15)7(2)8(3)12/h5,7-9H,12H2,1-4H3,(H,14,15). The summed E-state index contributed by atoms with van der Waals surface area (Å²) in [5, 5.41) is 3.85. The van der Waals surface area contributed by atoms with Crippen molar-refractivity contribution in [2.24, 2.45) is 11.7 Å². The van der Waals surface area contributed by atoms with Crippen LogP contribution in [0.25, 0.3) is 0 Å². The Hall–Kier alpha value is -0.940. The molecule has 0 bridgehead atoms. The molecule has 3 N–H and O–H groups in total. The van der Waals surface area contributed by atoms with Gasteiger partial charge in [0.05, 0.1) is 6.04 Å². The molecule has 0 aliphatic heterocycles. The number of hydrogen-bond donors (Lipinski definition) is 2. The highest BCUT2D eigenvalue weighted by Crippen LogP contribution is 2.19. The molecule has 0 aromatic carbocycles. The maximum atomic E-state index is 11.8. The topological polar surface area (TPSA) is 68.0 Å². The van der Waals surface area contributed by atoms with Crippen molar-refractivity contribution in [2.45, 2.75) is 39.8 Å². The molecule has 5 heteroatoms. The summed E-state index contributed by atoms with van der Waals surface area (Å²) in [6.07, 6.45) is 1.82. The Morgan fingerprint density at radius 1 is 1.50 bits per heavy atom. The van der Waals surface area contributed by atoms with Crippen molar-refractivity contribution >= 4 is 17.2 Å². The Bertz CT molecular complexity index is 362. The number of rotatable bonds is 4. The highest BCUT2D eigenvalue weighted by Gasteiger charge is 2.20. The van der Waals surface area contributed by atoms with E-state index < -0.39 is 0 Å². The second-order valence-electron chi connectivity index (χ2n) is 4.19. The first-order valence-corrected chi connectivity index (χ1v) is 6.21. The van der Waals surface area contributed by atoms with Gasteiger partial charge in [-0.3, -0.25) is 4.79 Å². The summed E-state index contributed by atoms with van der Waals surface area (Å²) in [5.41, 5.74) is 5.68. The molecular weight excluding hydrogens is 222 g/mol. The molecule has 0 fully saturated rings. The van der Waals surface area contributed by atoms with Gasteiger partial charge in [-0.05, 0) is 20.8 Å². The van der Waals surface area contributed by atoms with Crippen molar-refractivity contribution in [3.63, 3.8) is 0 Å². The predicted octanol–water partition coefficient (Wildman–Crippen LogP) is 1.61. The van der Waals surface area contributed by atoms with Crippen LogP contribution in [-0.2, 0) is 4.79 Å². The first-order chi connectivity index (χ1) is 7.41. The molecule has 1 rings (SSSR count). The van der Waals surface area contributed by atoms with E-state index in [4.69, 9.17) is 5.73 Å². The summed E-state index contributed by atoms with van der Waals surface area (Å²) in [7, 11) is 0. The largest absolute Gasteiger partial charge is 0.347 e. The van der Waals surface area contributed by atoms with Gasteiger partial charge in [0.2, 0.25) is 5.91 Å². The van der Waals surface area contributed by atoms with Crippen LogP contribution in [0.15, 0.2) is 6.20 Å². The first-order valence-electron chi connectivity index (χ1n) is 5.40. The molecule has 0 aliphatic rings. The lowest BCUT2D eigenvalue weighted by Gasteiger charge is -2.18. The lowest BCUT2D eigenvalue weighted by Crippen LogP contribution is -2.39. The number of carbonyl (C=O) groups is 1. The quantitative estimate of drug-likeness (QED) is 0.841. The molecular formula is C11H19N3OS. The number of nitrogens with one attached hydrogen (secondary N) is 1. The molecule has 0 saturated heterocycles. The third-order valence-corrected chi connectivity index (χ3v) is 3.67. The van der Waals surface area contributed by atoms with Crippen molar-refractivity contribution in [3.05, 3.63) is 16.1 Å². The van der Waals surface area contributed by atoms with Gasteiger partial charge in [0.15, 0.2) is 0 Å². The van der Waals surface area contributed by atoms with Gasteiger partial charge in [0.25, 0.3) is 0 Å². The van der Waals surface area contributed by atoms with Crippen LogP contribution in [0.1, 0.15) is 36.7 Å². The fourth-order valence-corrected chi connectivity index (χ4v) is 1.99. The van der Waals surface area contributed by atoms with Crippen molar-refractivity contribution in [1.82, 2.24) is 10.3 Å². The van der Waals surface area contributed by atoms with Crippen molar-refractivity contribution in [2.75, 3.05) is 0 Å². The number of aryl methyl sites for hydroxylation is 1. The van der Waals surface area contributed by atoms with Gasteiger partial charge in [-0.2, -0.15) is 0 Å². The molecule has 0 saturated carbocycles. The van der Waals surface area contributed by atoms with Gasteiger partial charge in [-0.1, -0.05) is 6.92 Å². The average molecular weight is 241 g/mol. The van der Waals surface area contributed by atoms with Crippen molar-refractivity contribution in [1.29, 1.82) is 0 Å². The van der Waals surface area contributed by atoms with E-state index in [-0.39, 0.29) is 23.9 Å². The smallest absolute Gasteiger partial charge is 0.224 e. The second kappa shape index (κ2) is 5.41. The van der Waals surface area contributed by atoms with Gasteiger partial charge in [0.1, 0.15) is 5.01 Å². The molecule has 0 spiro atoms. The third kappa shape index (κ3) is 3.28. The maximum Gasteiger partial charge on any atom is 0.224 e. The summed E-state index contributed by atoms with van der Waals surface area (Å²) in [6, 6.07) is -0.183. The third-order valence-electron chi connectivity index (χ3n) is 2.57. The SMILES string of the molecule is Cc1cnc(C(C)NC(=O)C(C)C(C)N)s1. The molecule has 3 unspecified atom stereocenters. The molecule has 0 radical (unpaired) electrons. The van der Waals surface area contributed by atoms with Crippen molar-refractivity contribution < 1.29 is 4.79 Å². The van der Waals surface area contributed by atoms with E-state index in [1.54, 1.807) is 11.3 Å². The Morgan fingerprint density at radius 2 is 2.12 bits per heavy atom. The van der Waals surface area contributed by atoms with Gasteiger partial charge in [-0.15, -0.1) is 11.3 Å². The van der Waals surface area contributed by atoms with E-state index in [9.17, 15) is 4.79 Å². The number of amides is 1. The second-order valence-corrected chi connectivity index (χ2v) is 5.45. The lowest BCUT2D eigenvalue weighted by atomic mass is 10.0. The molecule has 0 aliphatic carbocycles. The molecule has 1 aromatic heterocycles. The number of nitrogens with zero attached hydrogens (tertiary/aromatic N) is 1. The maximum absolute atomic E-state index is 11.8. The fourth-order valence-electron chi connectivity index (χ4n) is 1.22. The van der Waals surface area contributed by atoms with Crippen LogP contribution in [0.3, 0.4) is 0 Å². The van der Waals surface area contributed by atoms with E-state index in [2.05, 4.69) is 10.3 Å². The van der Waals surface area contributed by atoms with E-state index in [0.717, 1.165) is 9.88 Å². The predicted molar refractivity (Wildman–Crippen MR) is 66.2 cm³/mol. The van der Waals surface area contributed by atoms with Gasteiger partial charge < -0.3 is 11.1 Å². The van der Waals surface area contributed by atoms with E-state index in [0.29, 0.717) is 0 Å². The summed E-state index contributed by atoms with van der Waals surface area (Å²) in [4.78, 5) is 17.2. The van der Waals surface area contributed by atoms with Crippen LogP contribution in [0.5, 0.6) is 0 Å². The van der Waals surface area contributed by atoms with Gasteiger partial charge in [-0.25, -0.2) is 4.98 Å². The van der Waals surface area contributed by atoms with Crippen LogP contribution >= 0.6 is 11.3 Å². The molecule has 4 nitrogen and oxygen atoms in total. The minimum atomic E-state index is -0.177. The van der Waals surface area contributed by atoms with Crippen molar-refractivity contribution in [3.8, 4) is 0 Å². The zero-order valence-corrected chi connectivity index (χ0v) is 11.0. The molecule has 1 aromatic rings. The minimum absolute atomic E-state index is 0.0182. The van der Waals surface area contributed by atoms with Crippen LogP contribution in [0, 0.1) is 12.8 Å². The zero-order chi connectivity index (χ0) is 12.3. The summed E-state index contributed by atoms with van der Waals surface area (Å²) in [6.45, 7) is 7.60. The summed E-state index contributed by atoms with van der Waals surface area (Å²) in [5.74, 6) is -0.195. The Balaban J connectivity index is 2.58. The highest BCUT2D eigenvalue weighted by atomic mass is 32.1. The molecule has 90 valence electrons. The van der Waals surface area contributed by atoms with E-state index >= 15 is 0 Å². The Labute approximate surface area is 100 Å². The van der Waals surface area contributed by atoms with E-state index in [1.807, 2.05) is 33.9 Å². The number of carbonyl (C=O) groups excluding carboxylic acids is 1. The molecule has 16 heavy (non-hydrogen) atoms. The summed E-state index contributed by atoms with van der Waals surface area (Å²) < 4.78 is 0. The Kier molecular flexibility index (Phi) is 4.44. The monoisotopic (exact) mass is 241 g/mol. The lowest BCUT2D eigenvalue weighted by molar-refractivity contribution is -0.125. The fraction of sp³-hybridized carbons (Fsp3) is 0.636. The molecule has 1 amide bonds. The summed E-state index contributed by atoms with van der Waals surface area (Å²) >= 11 is 1.60. The van der Waals surface area contributed by atoms with Gasteiger partial charge >= 0.3 is 0 Å². The molecule has 1 heterocycles. The number of thiazole rings is 1. The van der Waals surface area contributed by atoms with Crippen LogP contribution in [0.4, 0.5) is 0 Å². The van der Waals surface area contributed by atoms with Crippen LogP contribution in [0.2, 0.25) is 0 Å². The zero-order valence-electron chi connectivity index (χ0n) is 10.2. The minimum Gasteiger partial charge on any atom is -0.347 e. The first kappa shape index (κ1) is 13.1. The molecule has 3 atom stereocenters. The average Bonchev–Trinajstić information content (AvgIpc) is 2.63. The van der Waals surface area contributed by atoms with E-state index in [1.165, 1.54) is 0 Å². The highest BCUT2D eigenvalue weighted by molar-refractivity contribution is 7.11.